The summed E-state index contributed by atoms with van der Waals surface area (Å²) in [6.07, 6.45) is 3.40. The van der Waals surface area contributed by atoms with Crippen molar-refractivity contribution < 1.29 is 19.1 Å². The molecule has 0 N–H and O–H groups in total. The standard InChI is InChI=1S/C21H23NO4/c1-25-19-10-6-9-17(15-19)11-12-20(23)22(14-13-21(24)26-2)16-18-7-4-3-5-8-18/h3-12,15H,13-14,16H2,1-2H3/b12-11+. The summed E-state index contributed by atoms with van der Waals surface area (Å²) in [6.45, 7) is 0.724. The first-order chi connectivity index (χ1) is 12.6. The monoisotopic (exact) mass is 353 g/mol. The van der Waals surface area contributed by atoms with Crippen LogP contribution < -0.4 is 4.74 Å². The molecule has 26 heavy (non-hydrogen) atoms. The maximum absolute atomic E-state index is 12.6. The molecule has 0 radical (unpaired) electrons. The average molecular weight is 353 g/mol. The molecule has 0 aliphatic carbocycles. The van der Waals surface area contributed by atoms with Crippen molar-refractivity contribution in [2.75, 3.05) is 20.8 Å². The number of carbonyl (C=O) groups is 2. The number of nitrogens with zero attached hydrogens (tertiary/aromatic N) is 1. The van der Waals surface area contributed by atoms with Crippen LogP contribution in [-0.2, 0) is 20.9 Å². The largest absolute Gasteiger partial charge is 0.497 e. The van der Waals surface area contributed by atoms with Crippen molar-refractivity contribution in [2.45, 2.75) is 13.0 Å². The van der Waals surface area contributed by atoms with E-state index >= 15 is 0 Å². The highest BCUT2D eigenvalue weighted by Crippen LogP contribution is 2.14. The van der Waals surface area contributed by atoms with E-state index in [0.29, 0.717) is 13.1 Å². The van der Waals surface area contributed by atoms with Gasteiger partial charge in [0.15, 0.2) is 0 Å². The van der Waals surface area contributed by atoms with Crippen molar-refractivity contribution in [1.82, 2.24) is 4.90 Å². The smallest absolute Gasteiger partial charge is 0.307 e. The molecule has 0 aromatic heterocycles. The minimum Gasteiger partial charge on any atom is -0.497 e. The van der Waals surface area contributed by atoms with Gasteiger partial charge in [0.2, 0.25) is 5.91 Å². The van der Waals surface area contributed by atoms with E-state index in [-0.39, 0.29) is 18.3 Å². The van der Waals surface area contributed by atoms with Crippen LogP contribution in [0.25, 0.3) is 6.08 Å². The number of ether oxygens (including phenoxy) is 2. The summed E-state index contributed by atoms with van der Waals surface area (Å²) in [5.74, 6) is 0.222. The third-order valence-corrected chi connectivity index (χ3v) is 3.85. The summed E-state index contributed by atoms with van der Waals surface area (Å²) in [7, 11) is 2.94. The molecule has 1 amide bonds. The number of methoxy groups -OCH3 is 2. The first-order valence-electron chi connectivity index (χ1n) is 8.34. The quantitative estimate of drug-likeness (QED) is 0.540. The van der Waals surface area contributed by atoms with Gasteiger partial charge in [0.1, 0.15) is 5.75 Å². The molecule has 0 fully saturated rings. The Morgan fingerprint density at radius 3 is 2.50 bits per heavy atom. The molecule has 0 saturated carbocycles. The third-order valence-electron chi connectivity index (χ3n) is 3.85. The normalized spacial score (nSPS) is 10.5. The predicted molar refractivity (Wildman–Crippen MR) is 101 cm³/mol. The molecule has 136 valence electrons. The summed E-state index contributed by atoms with van der Waals surface area (Å²) in [5, 5.41) is 0. The van der Waals surface area contributed by atoms with Gasteiger partial charge in [-0.15, -0.1) is 0 Å². The van der Waals surface area contributed by atoms with Crippen LogP contribution >= 0.6 is 0 Å². The molecule has 0 bridgehead atoms. The van der Waals surface area contributed by atoms with Gasteiger partial charge in [-0.05, 0) is 29.3 Å². The molecule has 2 rings (SSSR count). The molecule has 2 aromatic rings. The number of hydrogen-bond acceptors (Lipinski definition) is 4. The van der Waals surface area contributed by atoms with Crippen molar-refractivity contribution in [3.05, 3.63) is 71.8 Å². The summed E-state index contributed by atoms with van der Waals surface area (Å²) < 4.78 is 9.86. The van der Waals surface area contributed by atoms with E-state index in [9.17, 15) is 9.59 Å². The Morgan fingerprint density at radius 2 is 1.81 bits per heavy atom. The van der Waals surface area contributed by atoms with Gasteiger partial charge in [-0.1, -0.05) is 42.5 Å². The van der Waals surface area contributed by atoms with Crippen LogP contribution in [0.5, 0.6) is 5.75 Å². The molecule has 0 spiro atoms. The van der Waals surface area contributed by atoms with E-state index in [1.54, 1.807) is 18.1 Å². The Hall–Kier alpha value is -3.08. The number of benzene rings is 2. The summed E-state index contributed by atoms with van der Waals surface area (Å²) in [5.41, 5.74) is 1.87. The molecule has 0 heterocycles. The minimum absolute atomic E-state index is 0.155. The van der Waals surface area contributed by atoms with Crippen LogP contribution in [0.1, 0.15) is 17.5 Å². The van der Waals surface area contributed by atoms with Gasteiger partial charge in [0.05, 0.1) is 20.6 Å². The fraction of sp³-hybridized carbons (Fsp3) is 0.238. The van der Waals surface area contributed by atoms with Gasteiger partial charge in [-0.25, -0.2) is 0 Å². The number of esters is 1. The van der Waals surface area contributed by atoms with Crippen molar-refractivity contribution in [3.8, 4) is 5.75 Å². The minimum atomic E-state index is -0.340. The Kier molecular flexibility index (Phi) is 7.43. The zero-order valence-electron chi connectivity index (χ0n) is 15.1. The van der Waals surface area contributed by atoms with E-state index in [2.05, 4.69) is 4.74 Å². The Morgan fingerprint density at radius 1 is 1.04 bits per heavy atom. The van der Waals surface area contributed by atoms with Crippen LogP contribution in [0.4, 0.5) is 0 Å². The lowest BCUT2D eigenvalue weighted by atomic mass is 10.2. The molecule has 2 aromatic carbocycles. The zero-order chi connectivity index (χ0) is 18.8. The van der Waals surface area contributed by atoms with Gasteiger partial charge in [-0.2, -0.15) is 0 Å². The highest BCUT2D eigenvalue weighted by Gasteiger charge is 2.13. The molecule has 0 aliphatic heterocycles. The first kappa shape index (κ1) is 19.2. The zero-order valence-corrected chi connectivity index (χ0v) is 15.1. The molecule has 0 unspecified atom stereocenters. The van der Waals surface area contributed by atoms with Gasteiger partial charge in [0.25, 0.3) is 0 Å². The van der Waals surface area contributed by atoms with Gasteiger partial charge in [0, 0.05) is 19.2 Å². The van der Waals surface area contributed by atoms with Crippen molar-refractivity contribution in [2.24, 2.45) is 0 Å². The maximum atomic E-state index is 12.6. The lowest BCUT2D eigenvalue weighted by Gasteiger charge is -2.21. The number of carbonyl (C=O) groups excluding carboxylic acids is 2. The summed E-state index contributed by atoms with van der Waals surface area (Å²) in [6, 6.07) is 17.1. The van der Waals surface area contributed by atoms with E-state index < -0.39 is 0 Å². The fourth-order valence-electron chi connectivity index (χ4n) is 2.42. The first-order valence-corrected chi connectivity index (χ1v) is 8.34. The van der Waals surface area contributed by atoms with Crippen LogP contribution in [0.2, 0.25) is 0 Å². The van der Waals surface area contributed by atoms with E-state index in [4.69, 9.17) is 4.74 Å². The SMILES string of the molecule is COC(=O)CCN(Cc1ccccc1)C(=O)/C=C/c1cccc(OC)c1. The highest BCUT2D eigenvalue weighted by atomic mass is 16.5. The third kappa shape index (κ3) is 6.09. The highest BCUT2D eigenvalue weighted by molar-refractivity contribution is 5.92. The molecule has 0 aliphatic rings. The molecular weight excluding hydrogens is 330 g/mol. The lowest BCUT2D eigenvalue weighted by Crippen LogP contribution is -2.31. The summed E-state index contributed by atoms with van der Waals surface area (Å²) >= 11 is 0. The molecule has 5 heteroatoms. The molecular formula is C21H23NO4. The van der Waals surface area contributed by atoms with Crippen LogP contribution in [0, 0.1) is 0 Å². The Labute approximate surface area is 153 Å². The van der Waals surface area contributed by atoms with Crippen molar-refractivity contribution in [3.63, 3.8) is 0 Å². The number of amides is 1. The topological polar surface area (TPSA) is 55.8 Å². The predicted octanol–water partition coefficient (Wildman–Crippen LogP) is 3.30. The van der Waals surface area contributed by atoms with Gasteiger partial charge in [-0.3, -0.25) is 9.59 Å². The molecule has 0 saturated heterocycles. The summed E-state index contributed by atoms with van der Waals surface area (Å²) in [4.78, 5) is 25.7. The Bertz CT molecular complexity index is 756. The molecule has 0 atom stereocenters. The van der Waals surface area contributed by atoms with Gasteiger partial charge >= 0.3 is 5.97 Å². The maximum Gasteiger partial charge on any atom is 0.307 e. The van der Waals surface area contributed by atoms with E-state index in [0.717, 1.165) is 16.9 Å². The van der Waals surface area contributed by atoms with E-state index in [1.165, 1.54) is 13.2 Å². The second-order valence-electron chi connectivity index (χ2n) is 5.68. The fourth-order valence-corrected chi connectivity index (χ4v) is 2.42. The Balaban J connectivity index is 2.10. The average Bonchev–Trinajstić information content (AvgIpc) is 2.69. The van der Waals surface area contributed by atoms with Crippen molar-refractivity contribution >= 4 is 18.0 Å². The van der Waals surface area contributed by atoms with E-state index in [1.807, 2.05) is 54.6 Å². The van der Waals surface area contributed by atoms with Crippen molar-refractivity contribution in [1.29, 1.82) is 0 Å². The van der Waals surface area contributed by atoms with Crippen LogP contribution in [0.3, 0.4) is 0 Å². The molecule has 5 nitrogen and oxygen atoms in total. The second-order valence-corrected chi connectivity index (χ2v) is 5.68. The van der Waals surface area contributed by atoms with Gasteiger partial charge < -0.3 is 14.4 Å². The van der Waals surface area contributed by atoms with Crippen LogP contribution in [0.15, 0.2) is 60.7 Å². The second kappa shape index (κ2) is 10.0. The number of hydrogen-bond donors (Lipinski definition) is 0. The lowest BCUT2D eigenvalue weighted by molar-refractivity contribution is -0.141. The van der Waals surface area contributed by atoms with Crippen LogP contribution in [-0.4, -0.2) is 37.5 Å². The number of rotatable bonds is 8.